The van der Waals surface area contributed by atoms with Crippen molar-refractivity contribution in [3.05, 3.63) is 51.3 Å². The second kappa shape index (κ2) is 6.71. The summed E-state index contributed by atoms with van der Waals surface area (Å²) in [4.78, 5) is 10.9. The van der Waals surface area contributed by atoms with Crippen LogP contribution in [0.15, 0.2) is 35.1 Å². The second-order valence-corrected chi connectivity index (χ2v) is 4.60. The monoisotopic (exact) mass is 290 g/mol. The van der Waals surface area contributed by atoms with Crippen LogP contribution in [0.1, 0.15) is 25.3 Å². The van der Waals surface area contributed by atoms with Crippen molar-refractivity contribution in [3.63, 3.8) is 0 Å². The van der Waals surface area contributed by atoms with Crippen molar-refractivity contribution in [2.45, 2.75) is 19.8 Å². The van der Waals surface area contributed by atoms with E-state index >= 15 is 0 Å². The molecule has 0 aliphatic heterocycles. The van der Waals surface area contributed by atoms with Crippen LogP contribution in [0.5, 0.6) is 0 Å². The van der Waals surface area contributed by atoms with Crippen molar-refractivity contribution in [1.82, 2.24) is 10.2 Å². The summed E-state index contributed by atoms with van der Waals surface area (Å²) in [6.07, 6.45) is 0. The zero-order valence-corrected chi connectivity index (χ0v) is 10.5. The molecule has 5 heteroatoms. The quantitative estimate of drug-likeness (QED) is 0.863. The third kappa shape index (κ3) is 3.58. The van der Waals surface area contributed by atoms with Crippen LogP contribution in [-0.4, -0.2) is 47.9 Å². The molecule has 2 rings (SSSR count). The molecule has 0 aliphatic rings. The van der Waals surface area contributed by atoms with Crippen molar-refractivity contribution in [3.8, 4) is 11.3 Å². The molecule has 18 heavy (non-hydrogen) atoms. The molecule has 0 bridgehead atoms. The number of halogens is 1. The molecule has 1 N–H and O–H groups in total. The van der Waals surface area contributed by atoms with Crippen LogP contribution in [0.25, 0.3) is 11.3 Å². The Morgan fingerprint density at radius 2 is 1.94 bits per heavy atom. The normalized spacial score (nSPS) is 10.2. The predicted molar refractivity (Wildman–Crippen MR) is 77.9 cm³/mol. The number of nitrogens with zero attached hydrogens (tertiary/aromatic N) is 1. The van der Waals surface area contributed by atoms with Gasteiger partial charge in [-0.1, -0.05) is 37.6 Å². The van der Waals surface area contributed by atoms with Gasteiger partial charge < -0.3 is 0 Å². The van der Waals surface area contributed by atoms with E-state index < -0.39 is 0 Å². The van der Waals surface area contributed by atoms with Gasteiger partial charge in [-0.05, 0) is 23.6 Å². The summed E-state index contributed by atoms with van der Waals surface area (Å²) in [7, 11) is 0. The van der Waals surface area contributed by atoms with E-state index in [2.05, 4.69) is 24.0 Å². The van der Waals surface area contributed by atoms with Gasteiger partial charge in [0, 0.05) is 16.7 Å². The Bertz CT molecular complexity index is 575. The van der Waals surface area contributed by atoms with Crippen molar-refractivity contribution in [2.24, 2.45) is 0 Å². The third-order valence-electron chi connectivity index (χ3n) is 2.60. The average molecular weight is 291 g/mol. The molecule has 0 radical (unpaired) electrons. The van der Waals surface area contributed by atoms with Gasteiger partial charge >= 0.3 is 37.7 Å². The summed E-state index contributed by atoms with van der Waals surface area (Å²) in [6, 6.07) is 8.96. The third-order valence-corrected chi connectivity index (χ3v) is 2.92. The average Bonchev–Trinajstić information content (AvgIpc) is 2.29. The van der Waals surface area contributed by atoms with Gasteiger partial charge in [0.2, 0.25) is 0 Å². The molecule has 0 saturated heterocycles. The molecule has 0 saturated carbocycles. The Morgan fingerprint density at radius 3 is 2.44 bits per heavy atom. The molecule has 1 aromatic heterocycles. The van der Waals surface area contributed by atoms with Crippen LogP contribution in [0.2, 0.25) is 5.02 Å². The van der Waals surface area contributed by atoms with Gasteiger partial charge in [0.05, 0.1) is 5.69 Å². The number of rotatable bonds is 2. The van der Waals surface area contributed by atoms with Gasteiger partial charge in [-0.25, -0.2) is 5.10 Å². The van der Waals surface area contributed by atoms with Crippen molar-refractivity contribution in [2.75, 3.05) is 0 Å². The molecular weight excluding hydrogens is 276 g/mol. The number of benzene rings is 1. The van der Waals surface area contributed by atoms with E-state index in [9.17, 15) is 4.79 Å². The summed E-state index contributed by atoms with van der Waals surface area (Å²) in [5.41, 5.74) is 2.51. The van der Waals surface area contributed by atoms with Crippen LogP contribution in [0, 0.1) is 0 Å². The van der Waals surface area contributed by atoms with Crippen LogP contribution in [-0.2, 0) is 0 Å². The van der Waals surface area contributed by atoms with Gasteiger partial charge in [-0.3, -0.25) is 4.79 Å². The number of nitrogens with one attached hydrogen (secondary N) is 1. The van der Waals surface area contributed by atoms with Crippen LogP contribution >= 0.6 is 11.6 Å². The first-order valence-electron chi connectivity index (χ1n) is 5.43. The molecule has 1 heterocycles. The maximum absolute atomic E-state index is 10.9. The van der Waals surface area contributed by atoms with Crippen molar-refractivity contribution >= 4 is 49.3 Å². The molecule has 92 valence electrons. The fourth-order valence-electron chi connectivity index (χ4n) is 1.66. The summed E-state index contributed by atoms with van der Waals surface area (Å²) in [5, 5.41) is 7.10. The van der Waals surface area contributed by atoms with Gasteiger partial charge in [0.15, 0.2) is 0 Å². The summed E-state index contributed by atoms with van der Waals surface area (Å²) in [5.74, 6) is 0.389. The SMILES string of the molecule is CC(C)c1ccc(-c2ccc(=O)[nH]n2)cc1Cl.[CaH2]. The molecule has 3 nitrogen and oxygen atoms in total. The molecule has 0 amide bonds. The standard InChI is InChI=1S/C13H13ClN2O.Ca.2H/c1-8(2)10-4-3-9(7-11(10)14)12-5-6-13(17)16-15-12;;;/h3-8H,1-2H3,(H,16,17);;;. The zero-order valence-electron chi connectivity index (χ0n) is 9.70. The van der Waals surface area contributed by atoms with E-state index in [0.717, 1.165) is 16.1 Å². The molecule has 0 atom stereocenters. The van der Waals surface area contributed by atoms with Crippen LogP contribution < -0.4 is 5.56 Å². The Labute approximate surface area is 141 Å². The summed E-state index contributed by atoms with van der Waals surface area (Å²) >= 11 is 6.21. The fourth-order valence-corrected chi connectivity index (χ4v) is 2.06. The molecule has 0 fully saturated rings. The summed E-state index contributed by atoms with van der Waals surface area (Å²) in [6.45, 7) is 4.19. The van der Waals surface area contributed by atoms with Crippen LogP contribution in [0.3, 0.4) is 0 Å². The first kappa shape index (κ1) is 15.7. The number of hydrogen-bond donors (Lipinski definition) is 1. The maximum atomic E-state index is 10.9. The van der Waals surface area contributed by atoms with E-state index in [4.69, 9.17) is 11.6 Å². The minimum atomic E-state index is -0.210. The van der Waals surface area contributed by atoms with E-state index in [-0.39, 0.29) is 43.3 Å². The molecular formula is C13H15CaClN2O. The topological polar surface area (TPSA) is 45.8 Å². The molecule has 0 aliphatic carbocycles. The van der Waals surface area contributed by atoms with Gasteiger partial charge in [-0.15, -0.1) is 0 Å². The van der Waals surface area contributed by atoms with Crippen LogP contribution in [0.4, 0.5) is 0 Å². The molecule has 0 spiro atoms. The Morgan fingerprint density at radius 1 is 1.22 bits per heavy atom. The molecule has 2 aromatic rings. The van der Waals surface area contributed by atoms with E-state index in [1.54, 1.807) is 6.07 Å². The number of aromatic nitrogens is 2. The minimum absolute atomic E-state index is 0. The van der Waals surface area contributed by atoms with E-state index in [1.165, 1.54) is 6.07 Å². The summed E-state index contributed by atoms with van der Waals surface area (Å²) < 4.78 is 0. The van der Waals surface area contributed by atoms with Gasteiger partial charge in [-0.2, -0.15) is 5.10 Å². The molecule has 0 unspecified atom stereocenters. The number of aromatic amines is 1. The van der Waals surface area contributed by atoms with Gasteiger partial charge in [0.1, 0.15) is 0 Å². The van der Waals surface area contributed by atoms with E-state index in [0.29, 0.717) is 11.6 Å². The fraction of sp³-hybridized carbons (Fsp3) is 0.231. The number of H-pyrrole nitrogens is 1. The second-order valence-electron chi connectivity index (χ2n) is 4.20. The Hall–Kier alpha value is -0.350. The molecule has 1 aromatic carbocycles. The Kier molecular flexibility index (Phi) is 5.86. The number of hydrogen-bond acceptors (Lipinski definition) is 2. The first-order valence-corrected chi connectivity index (χ1v) is 5.81. The predicted octanol–water partition coefficient (Wildman–Crippen LogP) is 2.30. The van der Waals surface area contributed by atoms with E-state index in [1.807, 2.05) is 18.2 Å². The Balaban J connectivity index is 0.00000162. The first-order chi connectivity index (χ1) is 8.08. The van der Waals surface area contributed by atoms with Gasteiger partial charge in [0.25, 0.3) is 5.56 Å². The zero-order chi connectivity index (χ0) is 12.4. The van der Waals surface area contributed by atoms with Crippen molar-refractivity contribution < 1.29 is 0 Å². The van der Waals surface area contributed by atoms with Crippen molar-refractivity contribution in [1.29, 1.82) is 0 Å².